The second kappa shape index (κ2) is 5.49. The van der Waals surface area contributed by atoms with Crippen LogP contribution in [-0.2, 0) is 0 Å². The minimum Gasteiger partial charge on any atom is -0.387 e. The number of benzene rings is 1. The first-order chi connectivity index (χ1) is 9.25. The molecule has 1 aliphatic rings. The second-order valence-corrected chi connectivity index (χ2v) is 6.17. The average molecular weight is 274 g/mol. The van der Waals surface area contributed by atoms with Crippen molar-refractivity contribution >= 4 is 22.7 Å². The van der Waals surface area contributed by atoms with Crippen molar-refractivity contribution < 1.29 is 5.11 Å². The average Bonchev–Trinajstić information content (AvgIpc) is 2.46. The number of fused-ring (bicyclic) bond motifs is 1. The Labute approximate surface area is 117 Å². The predicted octanol–water partition coefficient (Wildman–Crippen LogP) is 2.32. The standard InChI is InChI=1S/C15H18N2OS/c1-17-7-8-19-10-14(17)15(18)12-5-4-11-3-2-6-16-13(11)9-12/h2-6,9,14-15,18H,7-8,10H2,1H3. The molecule has 1 aliphatic heterocycles. The number of hydrogen-bond acceptors (Lipinski definition) is 4. The molecule has 4 heteroatoms. The maximum atomic E-state index is 10.6. The maximum Gasteiger partial charge on any atom is 0.0953 e. The van der Waals surface area contributed by atoms with Gasteiger partial charge in [0.1, 0.15) is 0 Å². The van der Waals surface area contributed by atoms with Gasteiger partial charge in [0.2, 0.25) is 0 Å². The van der Waals surface area contributed by atoms with Gasteiger partial charge in [-0.1, -0.05) is 18.2 Å². The van der Waals surface area contributed by atoms with Gasteiger partial charge in [0, 0.05) is 35.7 Å². The lowest BCUT2D eigenvalue weighted by atomic mass is 10.0. The van der Waals surface area contributed by atoms with E-state index in [0.29, 0.717) is 0 Å². The summed E-state index contributed by atoms with van der Waals surface area (Å²) < 4.78 is 0. The summed E-state index contributed by atoms with van der Waals surface area (Å²) in [5.74, 6) is 2.14. The molecule has 0 radical (unpaired) electrons. The molecule has 2 aromatic rings. The Morgan fingerprint density at radius 3 is 3.16 bits per heavy atom. The third-order valence-electron chi connectivity index (χ3n) is 3.78. The van der Waals surface area contributed by atoms with Crippen molar-refractivity contribution in [2.75, 3.05) is 25.1 Å². The molecule has 2 unspecified atom stereocenters. The largest absolute Gasteiger partial charge is 0.387 e. The number of rotatable bonds is 2. The molecule has 1 saturated heterocycles. The van der Waals surface area contributed by atoms with E-state index < -0.39 is 6.10 Å². The molecule has 0 bridgehead atoms. The number of aromatic nitrogens is 1. The zero-order chi connectivity index (χ0) is 13.2. The van der Waals surface area contributed by atoms with Crippen molar-refractivity contribution in [3.8, 4) is 0 Å². The molecule has 0 amide bonds. The summed E-state index contributed by atoms with van der Waals surface area (Å²) >= 11 is 1.92. The molecule has 1 fully saturated rings. The monoisotopic (exact) mass is 274 g/mol. The normalized spacial score (nSPS) is 22.5. The third kappa shape index (κ3) is 2.61. The topological polar surface area (TPSA) is 36.4 Å². The van der Waals surface area contributed by atoms with Crippen LogP contribution in [0.25, 0.3) is 10.9 Å². The summed E-state index contributed by atoms with van der Waals surface area (Å²) in [5, 5.41) is 11.7. The molecule has 3 rings (SSSR count). The maximum absolute atomic E-state index is 10.6. The Balaban J connectivity index is 1.90. The van der Waals surface area contributed by atoms with Crippen molar-refractivity contribution in [3.05, 3.63) is 42.1 Å². The van der Waals surface area contributed by atoms with Crippen LogP contribution in [0.4, 0.5) is 0 Å². The molecule has 2 heterocycles. The summed E-state index contributed by atoms with van der Waals surface area (Å²) in [7, 11) is 2.09. The Kier molecular flexibility index (Phi) is 3.73. The van der Waals surface area contributed by atoms with Gasteiger partial charge in [-0.2, -0.15) is 11.8 Å². The van der Waals surface area contributed by atoms with Gasteiger partial charge in [0.05, 0.1) is 11.6 Å². The van der Waals surface area contributed by atoms with Crippen molar-refractivity contribution in [2.45, 2.75) is 12.1 Å². The van der Waals surface area contributed by atoms with Crippen molar-refractivity contribution in [3.63, 3.8) is 0 Å². The minimum absolute atomic E-state index is 0.194. The minimum atomic E-state index is -0.441. The van der Waals surface area contributed by atoms with Gasteiger partial charge in [-0.15, -0.1) is 0 Å². The summed E-state index contributed by atoms with van der Waals surface area (Å²) in [5.41, 5.74) is 1.91. The number of pyridine rings is 1. The first-order valence-electron chi connectivity index (χ1n) is 6.56. The van der Waals surface area contributed by atoms with Crippen molar-refractivity contribution in [1.82, 2.24) is 9.88 Å². The van der Waals surface area contributed by atoms with Crippen LogP contribution in [0.2, 0.25) is 0 Å². The van der Waals surface area contributed by atoms with Crippen LogP contribution in [-0.4, -0.2) is 46.1 Å². The fraction of sp³-hybridized carbons (Fsp3) is 0.400. The lowest BCUT2D eigenvalue weighted by Gasteiger charge is -2.35. The quantitative estimate of drug-likeness (QED) is 0.912. The van der Waals surface area contributed by atoms with Gasteiger partial charge in [0.15, 0.2) is 0 Å². The van der Waals surface area contributed by atoms with Gasteiger partial charge >= 0.3 is 0 Å². The number of hydrogen-bond donors (Lipinski definition) is 1. The fourth-order valence-corrected chi connectivity index (χ4v) is 3.79. The number of thioether (sulfide) groups is 1. The van der Waals surface area contributed by atoms with Gasteiger partial charge in [-0.25, -0.2) is 0 Å². The Morgan fingerprint density at radius 2 is 2.32 bits per heavy atom. The second-order valence-electron chi connectivity index (χ2n) is 5.02. The lowest BCUT2D eigenvalue weighted by molar-refractivity contribution is 0.0759. The van der Waals surface area contributed by atoms with E-state index in [2.05, 4.69) is 16.9 Å². The number of likely N-dealkylation sites (N-methyl/N-ethyl adjacent to an activating group) is 1. The smallest absolute Gasteiger partial charge is 0.0953 e. The van der Waals surface area contributed by atoms with E-state index in [0.717, 1.165) is 34.5 Å². The molecule has 1 N–H and O–H groups in total. The van der Waals surface area contributed by atoms with Gasteiger partial charge in [-0.3, -0.25) is 9.88 Å². The molecule has 3 nitrogen and oxygen atoms in total. The van der Waals surface area contributed by atoms with E-state index >= 15 is 0 Å². The van der Waals surface area contributed by atoms with Crippen LogP contribution in [0, 0.1) is 0 Å². The Bertz CT molecular complexity index is 575. The van der Waals surface area contributed by atoms with Gasteiger partial charge in [-0.05, 0) is 24.7 Å². The first kappa shape index (κ1) is 12.9. The molecule has 1 aromatic carbocycles. The van der Waals surface area contributed by atoms with Gasteiger partial charge in [0.25, 0.3) is 0 Å². The summed E-state index contributed by atoms with van der Waals surface area (Å²) in [6, 6.07) is 10.2. The zero-order valence-electron chi connectivity index (χ0n) is 11.0. The van der Waals surface area contributed by atoms with Crippen LogP contribution in [0.1, 0.15) is 11.7 Å². The first-order valence-corrected chi connectivity index (χ1v) is 7.72. The number of nitrogens with zero attached hydrogens (tertiary/aromatic N) is 2. The fourth-order valence-electron chi connectivity index (χ4n) is 2.53. The zero-order valence-corrected chi connectivity index (χ0v) is 11.8. The van der Waals surface area contributed by atoms with Crippen LogP contribution in [0.5, 0.6) is 0 Å². The van der Waals surface area contributed by atoms with E-state index in [-0.39, 0.29) is 6.04 Å². The van der Waals surface area contributed by atoms with E-state index in [1.165, 1.54) is 0 Å². The summed E-state index contributed by atoms with van der Waals surface area (Å²) in [6.07, 6.45) is 1.35. The molecule has 19 heavy (non-hydrogen) atoms. The van der Waals surface area contributed by atoms with Crippen LogP contribution in [0.15, 0.2) is 36.5 Å². The van der Waals surface area contributed by atoms with E-state index in [4.69, 9.17) is 0 Å². The highest BCUT2D eigenvalue weighted by Gasteiger charge is 2.27. The third-order valence-corrected chi connectivity index (χ3v) is 4.83. The molecule has 0 saturated carbocycles. The predicted molar refractivity (Wildman–Crippen MR) is 80.4 cm³/mol. The van der Waals surface area contributed by atoms with Crippen LogP contribution < -0.4 is 0 Å². The summed E-state index contributed by atoms with van der Waals surface area (Å²) in [6.45, 7) is 1.04. The molecule has 2 atom stereocenters. The molecular formula is C15H18N2OS. The molecular weight excluding hydrogens is 256 g/mol. The van der Waals surface area contributed by atoms with E-state index in [1.54, 1.807) is 6.20 Å². The lowest BCUT2D eigenvalue weighted by Crippen LogP contribution is -2.43. The number of aliphatic hydroxyl groups excluding tert-OH is 1. The highest BCUT2D eigenvalue weighted by atomic mass is 32.2. The van der Waals surface area contributed by atoms with Crippen molar-refractivity contribution in [1.29, 1.82) is 0 Å². The summed E-state index contributed by atoms with van der Waals surface area (Å²) in [4.78, 5) is 6.61. The number of aliphatic hydroxyl groups is 1. The molecule has 100 valence electrons. The van der Waals surface area contributed by atoms with E-state index in [9.17, 15) is 5.11 Å². The molecule has 0 aliphatic carbocycles. The van der Waals surface area contributed by atoms with Crippen LogP contribution in [0.3, 0.4) is 0 Å². The molecule has 1 aromatic heterocycles. The van der Waals surface area contributed by atoms with Gasteiger partial charge < -0.3 is 5.11 Å². The SMILES string of the molecule is CN1CCSCC1C(O)c1ccc2cccnc2c1. The van der Waals surface area contributed by atoms with Crippen molar-refractivity contribution in [2.24, 2.45) is 0 Å². The Hall–Kier alpha value is -1.10. The van der Waals surface area contributed by atoms with Crippen LogP contribution >= 0.6 is 11.8 Å². The highest BCUT2D eigenvalue weighted by Crippen LogP contribution is 2.28. The highest BCUT2D eigenvalue weighted by molar-refractivity contribution is 7.99. The molecule has 0 spiro atoms. The van der Waals surface area contributed by atoms with E-state index in [1.807, 2.05) is 42.1 Å². The Morgan fingerprint density at radius 1 is 1.42 bits per heavy atom.